The minimum Gasteiger partial charge on any atom is -0.490 e. The summed E-state index contributed by atoms with van der Waals surface area (Å²) in [5, 5.41) is 1.52. The zero-order chi connectivity index (χ0) is 26.3. The summed E-state index contributed by atoms with van der Waals surface area (Å²) in [5.41, 5.74) is 1.77. The summed E-state index contributed by atoms with van der Waals surface area (Å²) in [6, 6.07) is 9.11. The molecule has 0 amide bonds. The molecule has 0 unspecified atom stereocenters. The first-order valence-corrected chi connectivity index (χ1v) is 12.9. The molecule has 10 heteroatoms. The average molecular weight is 524 g/mol. The fraction of sp³-hybridized carbons (Fsp3) is 0.407. The number of piperidine rings is 1. The van der Waals surface area contributed by atoms with Gasteiger partial charge in [-0.2, -0.15) is 4.98 Å². The molecule has 194 valence electrons. The number of ether oxygens (including phenoxy) is 2. The number of anilines is 1. The van der Waals surface area contributed by atoms with E-state index in [-0.39, 0.29) is 22.6 Å². The van der Waals surface area contributed by atoms with Crippen molar-refractivity contribution in [2.24, 2.45) is 7.05 Å². The number of aromatic nitrogens is 4. The Balaban J connectivity index is 1.50. The second kappa shape index (κ2) is 10.0. The molecule has 1 saturated heterocycles. The molecule has 4 aromatic rings. The Labute approximate surface area is 219 Å². The molecular weight excluding hydrogens is 494 g/mol. The summed E-state index contributed by atoms with van der Waals surface area (Å²) in [6.07, 6.45) is 1.23. The van der Waals surface area contributed by atoms with E-state index in [0.717, 1.165) is 10.9 Å². The summed E-state index contributed by atoms with van der Waals surface area (Å²) in [7, 11) is 1.71. The van der Waals surface area contributed by atoms with E-state index in [2.05, 4.69) is 14.9 Å². The van der Waals surface area contributed by atoms with E-state index < -0.39 is 0 Å². The van der Waals surface area contributed by atoms with Gasteiger partial charge < -0.3 is 14.4 Å². The Morgan fingerprint density at radius 2 is 1.65 bits per heavy atom. The van der Waals surface area contributed by atoms with E-state index >= 15 is 0 Å². The smallest absolute Gasteiger partial charge is 0.331 e. The number of aryl methyl sites for hydroxylation is 2. The molecule has 0 spiro atoms. The van der Waals surface area contributed by atoms with Gasteiger partial charge in [0.2, 0.25) is 5.28 Å². The molecule has 5 rings (SSSR count). The van der Waals surface area contributed by atoms with Crippen LogP contribution in [-0.4, -0.2) is 45.4 Å². The Kier molecular flexibility index (Phi) is 6.81. The molecule has 1 aliphatic heterocycles. The van der Waals surface area contributed by atoms with E-state index in [1.54, 1.807) is 11.6 Å². The van der Waals surface area contributed by atoms with E-state index in [4.69, 9.17) is 21.1 Å². The predicted octanol–water partition coefficient (Wildman–Crippen LogP) is 4.24. The van der Waals surface area contributed by atoms with Crippen molar-refractivity contribution in [1.29, 1.82) is 0 Å². The van der Waals surface area contributed by atoms with E-state index in [1.165, 1.54) is 4.57 Å². The number of nitrogens with zero attached hydrogens (tertiary/aromatic N) is 5. The third kappa shape index (κ3) is 4.52. The van der Waals surface area contributed by atoms with Crippen molar-refractivity contribution in [2.75, 3.05) is 31.2 Å². The largest absolute Gasteiger partial charge is 0.490 e. The average Bonchev–Trinajstić information content (AvgIpc) is 2.88. The number of benzene rings is 2. The molecule has 1 fully saturated rings. The number of fused-ring (bicyclic) bond motifs is 2. The van der Waals surface area contributed by atoms with Crippen molar-refractivity contribution in [1.82, 2.24) is 19.1 Å². The molecular formula is C27H30ClN5O4. The second-order valence-electron chi connectivity index (χ2n) is 9.25. The lowest BCUT2D eigenvalue weighted by molar-refractivity contribution is 0.288. The predicted molar refractivity (Wildman–Crippen MR) is 146 cm³/mol. The van der Waals surface area contributed by atoms with Gasteiger partial charge in [0, 0.05) is 37.6 Å². The van der Waals surface area contributed by atoms with Crippen LogP contribution in [0.2, 0.25) is 5.28 Å². The van der Waals surface area contributed by atoms with E-state index in [0.29, 0.717) is 72.9 Å². The fourth-order valence-corrected chi connectivity index (χ4v) is 5.29. The van der Waals surface area contributed by atoms with Crippen molar-refractivity contribution in [3.8, 4) is 11.5 Å². The van der Waals surface area contributed by atoms with Crippen LogP contribution in [0, 0.1) is 6.92 Å². The van der Waals surface area contributed by atoms with Gasteiger partial charge in [0.05, 0.1) is 29.6 Å². The lowest BCUT2D eigenvalue weighted by Gasteiger charge is -2.34. The summed E-state index contributed by atoms with van der Waals surface area (Å²) >= 11 is 6.31. The normalized spacial score (nSPS) is 14.5. The molecule has 0 saturated carbocycles. The molecule has 2 aromatic carbocycles. The first-order chi connectivity index (χ1) is 17.8. The Morgan fingerprint density at radius 1 is 0.973 bits per heavy atom. The minimum absolute atomic E-state index is 0.145. The molecule has 3 heterocycles. The molecule has 0 N–H and O–H groups in total. The van der Waals surface area contributed by atoms with Gasteiger partial charge in [-0.25, -0.2) is 9.78 Å². The van der Waals surface area contributed by atoms with Crippen molar-refractivity contribution in [2.45, 2.75) is 39.7 Å². The van der Waals surface area contributed by atoms with Crippen LogP contribution in [-0.2, 0) is 7.05 Å². The minimum atomic E-state index is -0.292. The third-order valence-corrected chi connectivity index (χ3v) is 7.07. The highest BCUT2D eigenvalue weighted by atomic mass is 35.5. The molecule has 37 heavy (non-hydrogen) atoms. The number of rotatable bonds is 6. The Morgan fingerprint density at radius 3 is 2.32 bits per heavy atom. The molecule has 0 atom stereocenters. The van der Waals surface area contributed by atoms with Crippen molar-refractivity contribution >= 4 is 39.2 Å². The van der Waals surface area contributed by atoms with Gasteiger partial charge in [-0.1, -0.05) is 11.6 Å². The summed E-state index contributed by atoms with van der Waals surface area (Å²) in [5.74, 6) is 1.94. The molecule has 0 aliphatic carbocycles. The van der Waals surface area contributed by atoms with Crippen LogP contribution in [0.25, 0.3) is 21.8 Å². The standard InChI is InChI=1S/C27H30ClN5O4/c1-5-36-22-14-18-20(15-23(22)37-6-2)29-26(28)30-24(18)32-11-9-17(10-12-32)33-25(34)19-13-16(3)7-8-21(19)31(4)27(33)35/h7-8,13-15,17H,5-6,9-12H2,1-4H3. The highest BCUT2D eigenvalue weighted by molar-refractivity contribution is 6.28. The van der Waals surface area contributed by atoms with Gasteiger partial charge in [0.25, 0.3) is 5.56 Å². The number of hydrogen-bond donors (Lipinski definition) is 0. The van der Waals surface area contributed by atoms with Crippen LogP contribution in [0.15, 0.2) is 39.9 Å². The first kappa shape index (κ1) is 25.1. The van der Waals surface area contributed by atoms with Crippen LogP contribution < -0.4 is 25.6 Å². The van der Waals surface area contributed by atoms with Gasteiger partial charge in [0.15, 0.2) is 11.5 Å². The lowest BCUT2D eigenvalue weighted by atomic mass is 10.0. The molecule has 9 nitrogen and oxygen atoms in total. The molecule has 0 bridgehead atoms. The van der Waals surface area contributed by atoms with Gasteiger partial charge in [-0.3, -0.25) is 13.9 Å². The van der Waals surface area contributed by atoms with Crippen LogP contribution >= 0.6 is 11.6 Å². The number of halogens is 1. The zero-order valence-corrected chi connectivity index (χ0v) is 22.2. The SMILES string of the molecule is CCOc1cc2nc(Cl)nc(N3CCC(n4c(=O)c5cc(C)ccc5n(C)c4=O)CC3)c2cc1OCC. The maximum atomic E-state index is 13.4. The Hall–Kier alpha value is -3.59. The first-order valence-electron chi connectivity index (χ1n) is 12.6. The van der Waals surface area contributed by atoms with Crippen molar-refractivity contribution < 1.29 is 9.47 Å². The highest BCUT2D eigenvalue weighted by Crippen LogP contribution is 2.37. The quantitative estimate of drug-likeness (QED) is 0.349. The second-order valence-corrected chi connectivity index (χ2v) is 9.59. The van der Waals surface area contributed by atoms with Gasteiger partial charge in [-0.05, 0) is 63.4 Å². The summed E-state index contributed by atoms with van der Waals surface area (Å²) in [4.78, 5) is 37.7. The van der Waals surface area contributed by atoms with E-state index in [1.807, 2.05) is 51.1 Å². The van der Waals surface area contributed by atoms with Crippen molar-refractivity contribution in [3.05, 3.63) is 62.0 Å². The molecule has 2 aromatic heterocycles. The number of hydrogen-bond acceptors (Lipinski definition) is 7. The maximum Gasteiger partial charge on any atom is 0.331 e. The van der Waals surface area contributed by atoms with Gasteiger partial charge in [0.1, 0.15) is 5.82 Å². The topological polar surface area (TPSA) is 91.5 Å². The van der Waals surface area contributed by atoms with E-state index in [9.17, 15) is 9.59 Å². The van der Waals surface area contributed by atoms with Crippen LogP contribution in [0.4, 0.5) is 5.82 Å². The van der Waals surface area contributed by atoms with Crippen LogP contribution in [0.5, 0.6) is 11.5 Å². The maximum absolute atomic E-state index is 13.4. The Bertz CT molecular complexity index is 1610. The van der Waals surface area contributed by atoms with Gasteiger partial charge >= 0.3 is 5.69 Å². The van der Waals surface area contributed by atoms with Crippen LogP contribution in [0.3, 0.4) is 0 Å². The highest BCUT2D eigenvalue weighted by Gasteiger charge is 2.27. The zero-order valence-electron chi connectivity index (χ0n) is 21.5. The summed E-state index contributed by atoms with van der Waals surface area (Å²) in [6.45, 7) is 7.98. The summed E-state index contributed by atoms with van der Waals surface area (Å²) < 4.78 is 14.6. The van der Waals surface area contributed by atoms with Crippen molar-refractivity contribution in [3.63, 3.8) is 0 Å². The monoisotopic (exact) mass is 523 g/mol. The van der Waals surface area contributed by atoms with Gasteiger partial charge in [-0.15, -0.1) is 0 Å². The third-order valence-electron chi connectivity index (χ3n) is 6.90. The molecule has 1 aliphatic rings. The fourth-order valence-electron chi connectivity index (χ4n) is 5.12. The molecule has 0 radical (unpaired) electrons. The van der Waals surface area contributed by atoms with Crippen LogP contribution in [0.1, 0.15) is 38.3 Å². The lowest BCUT2D eigenvalue weighted by Crippen LogP contribution is -2.45.